The van der Waals surface area contributed by atoms with Gasteiger partial charge in [0.1, 0.15) is 23.0 Å². The Labute approximate surface area is 165 Å². The number of methoxy groups -OCH3 is 4. The first-order valence-electron chi connectivity index (χ1n) is 8.68. The van der Waals surface area contributed by atoms with Crippen molar-refractivity contribution >= 4 is 23.1 Å². The fourth-order valence-electron chi connectivity index (χ4n) is 3.03. The van der Waals surface area contributed by atoms with Crippen LogP contribution in [0.3, 0.4) is 0 Å². The predicted molar refractivity (Wildman–Crippen MR) is 112 cm³/mol. The van der Waals surface area contributed by atoms with Crippen LogP contribution < -0.4 is 34.9 Å². The zero-order valence-electron chi connectivity index (χ0n) is 16.3. The number of ether oxygens (including phenoxy) is 4. The third kappa shape index (κ3) is 3.71. The summed E-state index contributed by atoms with van der Waals surface area (Å²) in [5.41, 5.74) is 0. The van der Waals surface area contributed by atoms with Crippen LogP contribution in [0.5, 0.6) is 23.0 Å². The van der Waals surface area contributed by atoms with Gasteiger partial charge in [-0.2, -0.15) is 0 Å². The maximum atomic E-state index is 14.7. The van der Waals surface area contributed by atoms with Crippen molar-refractivity contribution in [3.63, 3.8) is 0 Å². The fourth-order valence-corrected chi connectivity index (χ4v) is 5.76. The van der Waals surface area contributed by atoms with Crippen molar-refractivity contribution in [2.75, 3.05) is 28.4 Å². The molecule has 0 aromatic heterocycles. The molecule has 6 heteroatoms. The molecule has 3 rings (SSSR count). The standard InChI is InChI=1S/C22H23O5P/c1-24-16-10-17(25-2)13-21(12-16)28(23,20-8-6-5-7-9-20)22-14-18(26-3)11-19(15-22)27-4/h5-15H,1-4H3. The minimum atomic E-state index is -3.26. The molecule has 0 amide bonds. The Morgan fingerprint density at radius 1 is 0.536 bits per heavy atom. The normalized spacial score (nSPS) is 11.0. The Morgan fingerprint density at radius 2 is 0.893 bits per heavy atom. The summed E-state index contributed by atoms with van der Waals surface area (Å²) in [7, 11) is 3.02. The summed E-state index contributed by atoms with van der Waals surface area (Å²) in [6.07, 6.45) is 0. The van der Waals surface area contributed by atoms with Crippen LogP contribution in [0.2, 0.25) is 0 Å². The van der Waals surface area contributed by atoms with Gasteiger partial charge in [-0.05, 0) is 24.3 Å². The van der Waals surface area contributed by atoms with Gasteiger partial charge in [-0.25, -0.2) is 0 Å². The predicted octanol–water partition coefficient (Wildman–Crippen LogP) is 3.36. The number of rotatable bonds is 7. The Hall–Kier alpha value is -2.91. The maximum Gasteiger partial charge on any atom is 0.171 e. The lowest BCUT2D eigenvalue weighted by molar-refractivity contribution is 0.395. The van der Waals surface area contributed by atoms with Gasteiger partial charge < -0.3 is 23.5 Å². The Kier molecular flexibility index (Phi) is 5.96. The molecule has 0 unspecified atom stereocenters. The van der Waals surface area contributed by atoms with E-state index in [0.29, 0.717) is 38.9 Å². The highest BCUT2D eigenvalue weighted by molar-refractivity contribution is 7.85. The van der Waals surface area contributed by atoms with Gasteiger partial charge in [0.25, 0.3) is 0 Å². The smallest absolute Gasteiger partial charge is 0.171 e. The van der Waals surface area contributed by atoms with Crippen molar-refractivity contribution in [1.82, 2.24) is 0 Å². The molecule has 0 saturated heterocycles. The molecule has 0 aliphatic carbocycles. The highest BCUT2D eigenvalue weighted by atomic mass is 31.2. The molecular weight excluding hydrogens is 375 g/mol. The first-order chi connectivity index (χ1) is 13.5. The van der Waals surface area contributed by atoms with E-state index in [4.69, 9.17) is 18.9 Å². The van der Waals surface area contributed by atoms with E-state index in [1.165, 1.54) is 0 Å². The van der Waals surface area contributed by atoms with Crippen molar-refractivity contribution in [3.8, 4) is 23.0 Å². The first-order valence-corrected chi connectivity index (χ1v) is 10.4. The summed E-state index contributed by atoms with van der Waals surface area (Å²) in [6, 6.07) is 20.0. The van der Waals surface area contributed by atoms with Crippen molar-refractivity contribution in [1.29, 1.82) is 0 Å². The molecule has 0 aliphatic heterocycles. The molecule has 5 nitrogen and oxygen atoms in total. The van der Waals surface area contributed by atoms with E-state index in [2.05, 4.69) is 0 Å². The minimum absolute atomic E-state index is 0.570. The molecule has 0 fully saturated rings. The van der Waals surface area contributed by atoms with Crippen LogP contribution in [0.25, 0.3) is 0 Å². The van der Waals surface area contributed by atoms with E-state index in [1.54, 1.807) is 64.8 Å². The second-order valence-electron chi connectivity index (χ2n) is 6.09. The van der Waals surface area contributed by atoms with E-state index >= 15 is 0 Å². The molecule has 0 aliphatic rings. The number of hydrogen-bond donors (Lipinski definition) is 0. The Balaban J connectivity index is 2.34. The molecular formula is C22H23O5P. The highest BCUT2D eigenvalue weighted by Crippen LogP contribution is 2.45. The largest absolute Gasteiger partial charge is 0.497 e. The summed E-state index contributed by atoms with van der Waals surface area (Å²) < 4.78 is 36.3. The summed E-state index contributed by atoms with van der Waals surface area (Å²) in [4.78, 5) is 0. The van der Waals surface area contributed by atoms with Crippen molar-refractivity contribution in [2.24, 2.45) is 0 Å². The molecule has 0 heterocycles. The van der Waals surface area contributed by atoms with E-state index in [1.807, 2.05) is 30.3 Å². The van der Waals surface area contributed by atoms with Crippen molar-refractivity contribution in [2.45, 2.75) is 0 Å². The molecule has 146 valence electrons. The summed E-state index contributed by atoms with van der Waals surface area (Å²) in [6.45, 7) is 0. The van der Waals surface area contributed by atoms with Gasteiger partial charge in [0, 0.05) is 28.0 Å². The average Bonchev–Trinajstić information content (AvgIpc) is 2.78. The van der Waals surface area contributed by atoms with Crippen molar-refractivity contribution < 1.29 is 23.5 Å². The van der Waals surface area contributed by atoms with Crippen LogP contribution in [-0.2, 0) is 4.57 Å². The van der Waals surface area contributed by atoms with Crippen LogP contribution in [0.15, 0.2) is 66.7 Å². The van der Waals surface area contributed by atoms with Gasteiger partial charge in [0.15, 0.2) is 7.14 Å². The van der Waals surface area contributed by atoms with Crippen LogP contribution >= 0.6 is 7.14 Å². The van der Waals surface area contributed by atoms with Gasteiger partial charge in [-0.1, -0.05) is 30.3 Å². The van der Waals surface area contributed by atoms with Crippen LogP contribution in [0.1, 0.15) is 0 Å². The molecule has 0 spiro atoms. The molecule has 0 radical (unpaired) electrons. The lowest BCUT2D eigenvalue weighted by Crippen LogP contribution is -2.25. The third-order valence-electron chi connectivity index (χ3n) is 4.52. The third-order valence-corrected chi connectivity index (χ3v) is 7.52. The molecule has 0 N–H and O–H groups in total. The monoisotopic (exact) mass is 398 g/mol. The van der Waals surface area contributed by atoms with Gasteiger partial charge in [0.2, 0.25) is 0 Å². The Morgan fingerprint density at radius 3 is 1.21 bits per heavy atom. The zero-order valence-corrected chi connectivity index (χ0v) is 17.2. The van der Waals surface area contributed by atoms with Crippen LogP contribution in [0.4, 0.5) is 0 Å². The minimum Gasteiger partial charge on any atom is -0.497 e. The quantitative estimate of drug-likeness (QED) is 0.572. The van der Waals surface area contributed by atoms with Gasteiger partial charge in [-0.3, -0.25) is 0 Å². The van der Waals surface area contributed by atoms with E-state index in [-0.39, 0.29) is 0 Å². The first kappa shape index (κ1) is 19.8. The summed E-state index contributed by atoms with van der Waals surface area (Å²) in [5.74, 6) is 2.28. The lowest BCUT2D eigenvalue weighted by atomic mass is 10.3. The molecule has 0 bridgehead atoms. The maximum absolute atomic E-state index is 14.7. The highest BCUT2D eigenvalue weighted by Gasteiger charge is 2.32. The lowest BCUT2D eigenvalue weighted by Gasteiger charge is -2.22. The molecule has 0 atom stereocenters. The average molecular weight is 398 g/mol. The molecule has 0 saturated carbocycles. The van der Waals surface area contributed by atoms with Crippen LogP contribution in [-0.4, -0.2) is 28.4 Å². The van der Waals surface area contributed by atoms with Crippen molar-refractivity contribution in [3.05, 3.63) is 66.7 Å². The van der Waals surface area contributed by atoms with E-state index in [9.17, 15) is 4.57 Å². The van der Waals surface area contributed by atoms with Crippen LogP contribution in [0, 0.1) is 0 Å². The summed E-state index contributed by atoms with van der Waals surface area (Å²) in [5, 5.41) is 1.90. The zero-order chi connectivity index (χ0) is 20.1. The Bertz CT molecular complexity index is 897. The van der Waals surface area contributed by atoms with Gasteiger partial charge in [0.05, 0.1) is 28.4 Å². The van der Waals surface area contributed by atoms with E-state index < -0.39 is 7.14 Å². The summed E-state index contributed by atoms with van der Waals surface area (Å²) >= 11 is 0. The number of hydrogen-bond acceptors (Lipinski definition) is 5. The topological polar surface area (TPSA) is 54.0 Å². The second kappa shape index (κ2) is 8.41. The van der Waals surface area contributed by atoms with Gasteiger partial charge >= 0.3 is 0 Å². The van der Waals surface area contributed by atoms with Gasteiger partial charge in [-0.15, -0.1) is 0 Å². The number of benzene rings is 3. The van der Waals surface area contributed by atoms with E-state index in [0.717, 1.165) is 0 Å². The SMILES string of the molecule is COc1cc(OC)cc(P(=O)(c2ccccc2)c2cc(OC)cc(OC)c2)c1. The molecule has 3 aromatic rings. The molecule has 3 aromatic carbocycles. The second-order valence-corrected chi connectivity index (χ2v) is 8.85. The fraction of sp³-hybridized carbons (Fsp3) is 0.182. The molecule has 28 heavy (non-hydrogen) atoms.